The molecule has 0 spiro atoms. The van der Waals surface area contributed by atoms with Crippen molar-refractivity contribution < 1.29 is 9.53 Å². The number of pyridine rings is 1. The van der Waals surface area contributed by atoms with Crippen molar-refractivity contribution >= 4 is 23.0 Å². The SMILES string of the molecule is C.CCOCCC(=O)Nc1nc2ccc(C)nc2n1C1CCC1. The molecule has 3 rings (SSSR count). The molecule has 126 valence electrons. The Morgan fingerprint density at radius 3 is 2.83 bits per heavy atom. The third kappa shape index (κ3) is 3.69. The van der Waals surface area contributed by atoms with E-state index >= 15 is 0 Å². The van der Waals surface area contributed by atoms with Gasteiger partial charge in [-0.15, -0.1) is 0 Å². The molecule has 6 heteroatoms. The Kier molecular flexibility index (Phi) is 5.71. The van der Waals surface area contributed by atoms with Gasteiger partial charge in [-0.1, -0.05) is 7.43 Å². The van der Waals surface area contributed by atoms with Crippen LogP contribution in [0, 0.1) is 6.92 Å². The first-order valence-corrected chi connectivity index (χ1v) is 7.92. The molecule has 0 atom stereocenters. The normalized spacial score (nSPS) is 14.3. The summed E-state index contributed by atoms with van der Waals surface area (Å²) in [6, 6.07) is 4.30. The summed E-state index contributed by atoms with van der Waals surface area (Å²) in [5.74, 6) is 0.542. The largest absolute Gasteiger partial charge is 0.381 e. The predicted molar refractivity (Wildman–Crippen MR) is 91.6 cm³/mol. The number of hydrogen-bond acceptors (Lipinski definition) is 4. The van der Waals surface area contributed by atoms with Crippen molar-refractivity contribution in [3.05, 3.63) is 17.8 Å². The number of imidazole rings is 1. The fourth-order valence-electron chi connectivity index (χ4n) is 2.64. The Morgan fingerprint density at radius 1 is 1.39 bits per heavy atom. The maximum atomic E-state index is 12.0. The third-order valence-corrected chi connectivity index (χ3v) is 4.05. The number of carbonyl (C=O) groups is 1. The highest BCUT2D eigenvalue weighted by Gasteiger charge is 2.26. The van der Waals surface area contributed by atoms with Gasteiger partial charge in [0.05, 0.1) is 13.0 Å². The van der Waals surface area contributed by atoms with Crippen LogP contribution in [-0.4, -0.2) is 33.7 Å². The Hall–Kier alpha value is -1.95. The maximum Gasteiger partial charge on any atom is 0.229 e. The molecule has 2 heterocycles. The van der Waals surface area contributed by atoms with E-state index in [0.717, 1.165) is 29.7 Å². The first-order chi connectivity index (χ1) is 10.7. The number of fused-ring (bicyclic) bond motifs is 1. The number of amides is 1. The molecule has 1 fully saturated rings. The number of nitrogens with zero attached hydrogens (tertiary/aromatic N) is 3. The summed E-state index contributed by atoms with van der Waals surface area (Å²) in [6.07, 6.45) is 3.79. The van der Waals surface area contributed by atoms with E-state index in [1.54, 1.807) is 0 Å². The van der Waals surface area contributed by atoms with Gasteiger partial charge in [-0.05, 0) is 45.2 Å². The molecule has 0 aromatic carbocycles. The van der Waals surface area contributed by atoms with Gasteiger partial charge in [0, 0.05) is 18.3 Å². The molecule has 0 radical (unpaired) electrons. The summed E-state index contributed by atoms with van der Waals surface area (Å²) in [5, 5.41) is 2.92. The predicted octanol–water partition coefficient (Wildman–Crippen LogP) is 3.47. The van der Waals surface area contributed by atoms with Crippen LogP contribution >= 0.6 is 0 Å². The van der Waals surface area contributed by atoms with Crippen molar-refractivity contribution in [1.82, 2.24) is 14.5 Å². The first-order valence-electron chi connectivity index (χ1n) is 7.92. The maximum absolute atomic E-state index is 12.0. The summed E-state index contributed by atoms with van der Waals surface area (Å²) in [6.45, 7) is 4.94. The van der Waals surface area contributed by atoms with E-state index in [0.29, 0.717) is 31.6 Å². The minimum atomic E-state index is -0.0685. The Bertz CT molecular complexity index is 677. The molecular formula is C17H26N4O2. The topological polar surface area (TPSA) is 69.0 Å². The Labute approximate surface area is 137 Å². The van der Waals surface area contributed by atoms with E-state index in [-0.39, 0.29) is 13.3 Å². The van der Waals surface area contributed by atoms with Crippen LogP contribution in [0.5, 0.6) is 0 Å². The van der Waals surface area contributed by atoms with Crippen molar-refractivity contribution in [2.75, 3.05) is 18.5 Å². The lowest BCUT2D eigenvalue weighted by molar-refractivity contribution is -0.117. The number of carbonyl (C=O) groups excluding carboxylic acids is 1. The average Bonchev–Trinajstić information content (AvgIpc) is 2.75. The molecule has 1 N–H and O–H groups in total. The van der Waals surface area contributed by atoms with Gasteiger partial charge in [0.2, 0.25) is 11.9 Å². The molecule has 0 bridgehead atoms. The number of aryl methyl sites for hydroxylation is 1. The van der Waals surface area contributed by atoms with Crippen molar-refractivity contribution in [3.63, 3.8) is 0 Å². The second-order valence-electron chi connectivity index (χ2n) is 5.68. The first kappa shape index (κ1) is 17.4. The van der Waals surface area contributed by atoms with Crippen molar-refractivity contribution in [3.8, 4) is 0 Å². The lowest BCUT2D eigenvalue weighted by Gasteiger charge is -2.28. The number of hydrogen-bond donors (Lipinski definition) is 1. The standard InChI is InChI=1S/C16H22N4O2.CH4/c1-3-22-10-9-14(21)19-16-18-13-8-7-11(2)17-15(13)20(16)12-5-4-6-12;/h7-8,12H,3-6,9-10H2,1-2H3,(H,18,19,21);1H4. The average molecular weight is 318 g/mol. The number of rotatable bonds is 6. The van der Waals surface area contributed by atoms with Crippen LogP contribution in [-0.2, 0) is 9.53 Å². The Balaban J connectivity index is 0.00000192. The lowest BCUT2D eigenvalue weighted by atomic mass is 9.93. The quantitative estimate of drug-likeness (QED) is 0.828. The van der Waals surface area contributed by atoms with Gasteiger partial charge in [-0.3, -0.25) is 14.7 Å². The smallest absolute Gasteiger partial charge is 0.229 e. The summed E-state index contributed by atoms with van der Waals surface area (Å²) < 4.78 is 7.31. The van der Waals surface area contributed by atoms with E-state index in [1.165, 1.54) is 6.42 Å². The van der Waals surface area contributed by atoms with Crippen molar-refractivity contribution in [2.24, 2.45) is 0 Å². The van der Waals surface area contributed by atoms with Gasteiger partial charge in [0.15, 0.2) is 5.65 Å². The van der Waals surface area contributed by atoms with Crippen LogP contribution < -0.4 is 5.32 Å². The zero-order chi connectivity index (χ0) is 15.5. The number of aromatic nitrogens is 3. The number of anilines is 1. The third-order valence-electron chi connectivity index (χ3n) is 4.05. The summed E-state index contributed by atoms with van der Waals surface area (Å²) in [7, 11) is 0. The van der Waals surface area contributed by atoms with Gasteiger partial charge in [0.1, 0.15) is 5.52 Å². The fraction of sp³-hybridized carbons (Fsp3) is 0.588. The zero-order valence-corrected chi connectivity index (χ0v) is 13.1. The van der Waals surface area contributed by atoms with Crippen LogP contribution in [0.4, 0.5) is 5.95 Å². The zero-order valence-electron chi connectivity index (χ0n) is 13.1. The molecule has 23 heavy (non-hydrogen) atoms. The van der Waals surface area contributed by atoms with Crippen molar-refractivity contribution in [1.29, 1.82) is 0 Å². The van der Waals surface area contributed by atoms with Gasteiger partial charge in [-0.2, -0.15) is 0 Å². The van der Waals surface area contributed by atoms with E-state index in [4.69, 9.17) is 4.74 Å². The highest BCUT2D eigenvalue weighted by molar-refractivity contribution is 5.91. The van der Waals surface area contributed by atoms with E-state index in [2.05, 4.69) is 19.9 Å². The highest BCUT2D eigenvalue weighted by atomic mass is 16.5. The van der Waals surface area contributed by atoms with Crippen LogP contribution in [0.1, 0.15) is 51.8 Å². The molecule has 6 nitrogen and oxygen atoms in total. The molecule has 0 saturated heterocycles. The van der Waals surface area contributed by atoms with Crippen LogP contribution in [0.3, 0.4) is 0 Å². The Morgan fingerprint density at radius 2 is 2.17 bits per heavy atom. The van der Waals surface area contributed by atoms with E-state index in [1.807, 2.05) is 26.0 Å². The van der Waals surface area contributed by atoms with Gasteiger partial charge < -0.3 is 4.74 Å². The van der Waals surface area contributed by atoms with Gasteiger partial charge in [-0.25, -0.2) is 9.97 Å². The molecular weight excluding hydrogens is 292 g/mol. The van der Waals surface area contributed by atoms with E-state index < -0.39 is 0 Å². The van der Waals surface area contributed by atoms with Gasteiger partial charge >= 0.3 is 0 Å². The highest BCUT2D eigenvalue weighted by Crippen LogP contribution is 2.36. The molecule has 2 aromatic rings. The van der Waals surface area contributed by atoms with E-state index in [9.17, 15) is 4.79 Å². The summed E-state index contributed by atoms with van der Waals surface area (Å²) in [5.41, 5.74) is 2.66. The molecule has 0 unspecified atom stereocenters. The minimum absolute atomic E-state index is 0. The van der Waals surface area contributed by atoms with Crippen LogP contribution in [0.2, 0.25) is 0 Å². The van der Waals surface area contributed by atoms with Crippen LogP contribution in [0.15, 0.2) is 12.1 Å². The molecule has 1 saturated carbocycles. The second-order valence-corrected chi connectivity index (χ2v) is 5.68. The number of nitrogens with one attached hydrogen (secondary N) is 1. The summed E-state index contributed by atoms with van der Waals surface area (Å²) in [4.78, 5) is 21.2. The molecule has 2 aromatic heterocycles. The molecule has 1 aliphatic rings. The van der Waals surface area contributed by atoms with Gasteiger partial charge in [0.25, 0.3) is 0 Å². The molecule has 0 aliphatic heterocycles. The fourth-order valence-corrected chi connectivity index (χ4v) is 2.64. The lowest BCUT2D eigenvalue weighted by Crippen LogP contribution is -2.23. The molecule has 1 amide bonds. The van der Waals surface area contributed by atoms with Crippen molar-refractivity contribution in [2.45, 2.75) is 53.0 Å². The monoisotopic (exact) mass is 318 g/mol. The molecule has 1 aliphatic carbocycles. The van der Waals surface area contributed by atoms with Crippen LogP contribution in [0.25, 0.3) is 11.2 Å². The summed E-state index contributed by atoms with van der Waals surface area (Å²) >= 11 is 0. The number of ether oxygens (including phenoxy) is 1. The minimum Gasteiger partial charge on any atom is -0.381 e. The second kappa shape index (κ2) is 7.55.